The van der Waals surface area contributed by atoms with E-state index in [0.29, 0.717) is 0 Å². The van der Waals surface area contributed by atoms with Crippen LogP contribution in [0.4, 0.5) is 0 Å². The Hall–Kier alpha value is -5.46. The second kappa shape index (κ2) is 10.1. The second-order valence-corrected chi connectivity index (χ2v) is 12.1. The SMILES string of the molecule is c1ccc(-c2cc(-c3ccccc3)cc(C3c4ccccc4-c4cc(-c5cccc6c5Cc5ccccc5-6)ccc43)c2)cc1. The summed E-state index contributed by atoms with van der Waals surface area (Å²) >= 11 is 0. The lowest BCUT2D eigenvalue weighted by atomic mass is 9.85. The first kappa shape index (κ1) is 25.1. The maximum Gasteiger partial charge on any atom is 0.0352 e. The summed E-state index contributed by atoms with van der Waals surface area (Å²) in [5.41, 5.74) is 20.1. The first-order chi connectivity index (χ1) is 21.8. The molecule has 0 bridgehead atoms. The second-order valence-electron chi connectivity index (χ2n) is 12.1. The molecule has 0 heteroatoms. The monoisotopic (exact) mass is 558 g/mol. The molecule has 0 amide bonds. The van der Waals surface area contributed by atoms with Gasteiger partial charge in [-0.05, 0) is 102 Å². The molecule has 1 unspecified atom stereocenters. The molecule has 0 saturated heterocycles. The van der Waals surface area contributed by atoms with Crippen LogP contribution in [-0.4, -0.2) is 0 Å². The molecule has 0 nitrogen and oxygen atoms in total. The molecule has 1 atom stereocenters. The van der Waals surface area contributed by atoms with Crippen LogP contribution in [0.2, 0.25) is 0 Å². The zero-order valence-corrected chi connectivity index (χ0v) is 24.4. The van der Waals surface area contributed by atoms with E-state index >= 15 is 0 Å². The quantitative estimate of drug-likeness (QED) is 0.201. The zero-order chi connectivity index (χ0) is 29.0. The van der Waals surface area contributed by atoms with E-state index in [0.717, 1.165) is 6.42 Å². The molecular weight excluding hydrogens is 528 g/mol. The van der Waals surface area contributed by atoms with E-state index in [1.165, 1.54) is 83.5 Å². The molecule has 0 aliphatic heterocycles. The van der Waals surface area contributed by atoms with E-state index in [4.69, 9.17) is 0 Å². The van der Waals surface area contributed by atoms with Crippen LogP contribution in [0, 0.1) is 0 Å². The van der Waals surface area contributed by atoms with Crippen molar-refractivity contribution < 1.29 is 0 Å². The molecule has 0 spiro atoms. The van der Waals surface area contributed by atoms with Gasteiger partial charge in [-0.1, -0.05) is 152 Å². The molecule has 7 aromatic rings. The topological polar surface area (TPSA) is 0 Å². The molecule has 0 N–H and O–H groups in total. The van der Waals surface area contributed by atoms with Gasteiger partial charge >= 0.3 is 0 Å². The summed E-state index contributed by atoms with van der Waals surface area (Å²) in [5, 5.41) is 0. The van der Waals surface area contributed by atoms with Crippen molar-refractivity contribution in [3.8, 4) is 55.6 Å². The number of benzene rings is 7. The van der Waals surface area contributed by atoms with Gasteiger partial charge in [0.1, 0.15) is 0 Å². The predicted molar refractivity (Wildman–Crippen MR) is 184 cm³/mol. The molecule has 2 aliphatic rings. The molecule has 0 radical (unpaired) electrons. The van der Waals surface area contributed by atoms with Crippen LogP contribution >= 0.6 is 0 Å². The van der Waals surface area contributed by atoms with E-state index in [-0.39, 0.29) is 5.92 Å². The largest absolute Gasteiger partial charge is 0.0622 e. The predicted octanol–water partition coefficient (Wildman–Crippen LogP) is 11.4. The molecule has 0 aromatic heterocycles. The molecule has 7 aromatic carbocycles. The number of hydrogen-bond acceptors (Lipinski definition) is 0. The van der Waals surface area contributed by atoms with Crippen molar-refractivity contribution in [2.24, 2.45) is 0 Å². The summed E-state index contributed by atoms with van der Waals surface area (Å²) < 4.78 is 0. The highest BCUT2D eigenvalue weighted by Crippen LogP contribution is 2.51. The molecule has 206 valence electrons. The van der Waals surface area contributed by atoms with Crippen molar-refractivity contribution in [3.05, 3.63) is 192 Å². The summed E-state index contributed by atoms with van der Waals surface area (Å²) in [7, 11) is 0. The van der Waals surface area contributed by atoms with E-state index in [9.17, 15) is 0 Å². The van der Waals surface area contributed by atoms with Crippen molar-refractivity contribution >= 4 is 0 Å². The summed E-state index contributed by atoms with van der Waals surface area (Å²) in [5.74, 6) is 0.173. The summed E-state index contributed by atoms with van der Waals surface area (Å²) in [6.45, 7) is 0. The van der Waals surface area contributed by atoms with Gasteiger partial charge in [0.15, 0.2) is 0 Å². The highest BCUT2D eigenvalue weighted by atomic mass is 14.3. The van der Waals surface area contributed by atoms with Crippen LogP contribution in [-0.2, 0) is 6.42 Å². The van der Waals surface area contributed by atoms with Crippen LogP contribution in [0.5, 0.6) is 0 Å². The number of rotatable bonds is 4. The van der Waals surface area contributed by atoms with Gasteiger partial charge in [0.2, 0.25) is 0 Å². The highest BCUT2D eigenvalue weighted by Gasteiger charge is 2.31. The van der Waals surface area contributed by atoms with E-state index in [1.54, 1.807) is 0 Å². The normalized spacial score (nSPS) is 14.0. The van der Waals surface area contributed by atoms with E-state index in [1.807, 2.05) is 0 Å². The third-order valence-corrected chi connectivity index (χ3v) is 9.59. The Kier molecular flexibility index (Phi) is 5.74. The lowest BCUT2D eigenvalue weighted by molar-refractivity contribution is 1.02. The average Bonchev–Trinajstić information content (AvgIpc) is 3.64. The Morgan fingerprint density at radius 3 is 1.68 bits per heavy atom. The van der Waals surface area contributed by atoms with Gasteiger partial charge in [-0.2, -0.15) is 0 Å². The minimum atomic E-state index is 0.173. The summed E-state index contributed by atoms with van der Waals surface area (Å²) in [6.07, 6.45) is 0.993. The molecule has 44 heavy (non-hydrogen) atoms. The zero-order valence-electron chi connectivity index (χ0n) is 24.4. The maximum atomic E-state index is 2.45. The van der Waals surface area contributed by atoms with Crippen LogP contribution in [0.15, 0.2) is 164 Å². The lowest BCUT2D eigenvalue weighted by Gasteiger charge is -2.18. The van der Waals surface area contributed by atoms with Crippen molar-refractivity contribution in [2.45, 2.75) is 12.3 Å². The average molecular weight is 559 g/mol. The van der Waals surface area contributed by atoms with Crippen molar-refractivity contribution in [1.29, 1.82) is 0 Å². The Morgan fingerprint density at radius 2 is 0.932 bits per heavy atom. The van der Waals surface area contributed by atoms with Gasteiger partial charge in [0.25, 0.3) is 0 Å². The molecular formula is C44H30. The molecule has 0 heterocycles. The van der Waals surface area contributed by atoms with Crippen molar-refractivity contribution in [1.82, 2.24) is 0 Å². The molecule has 9 rings (SSSR count). The van der Waals surface area contributed by atoms with Crippen LogP contribution < -0.4 is 0 Å². The number of fused-ring (bicyclic) bond motifs is 6. The Balaban J connectivity index is 1.21. The number of hydrogen-bond donors (Lipinski definition) is 0. The molecule has 0 saturated carbocycles. The smallest absolute Gasteiger partial charge is 0.0352 e. The van der Waals surface area contributed by atoms with Gasteiger partial charge in [-0.15, -0.1) is 0 Å². The fourth-order valence-corrected chi connectivity index (χ4v) is 7.57. The molecule has 0 fully saturated rings. The third kappa shape index (κ3) is 3.99. The lowest BCUT2D eigenvalue weighted by Crippen LogP contribution is -2.00. The van der Waals surface area contributed by atoms with Gasteiger partial charge in [-0.25, -0.2) is 0 Å². The van der Waals surface area contributed by atoms with Crippen LogP contribution in [0.1, 0.15) is 33.7 Å². The highest BCUT2D eigenvalue weighted by molar-refractivity contribution is 5.89. The van der Waals surface area contributed by atoms with Gasteiger partial charge < -0.3 is 0 Å². The van der Waals surface area contributed by atoms with Crippen molar-refractivity contribution in [2.75, 3.05) is 0 Å². The van der Waals surface area contributed by atoms with Gasteiger partial charge in [0.05, 0.1) is 0 Å². The Labute approximate surface area is 258 Å². The van der Waals surface area contributed by atoms with Crippen LogP contribution in [0.25, 0.3) is 55.6 Å². The van der Waals surface area contributed by atoms with Gasteiger partial charge in [0, 0.05) is 5.92 Å². The third-order valence-electron chi connectivity index (χ3n) is 9.59. The summed E-state index contributed by atoms with van der Waals surface area (Å²) in [6, 6.07) is 60.6. The van der Waals surface area contributed by atoms with Gasteiger partial charge in [-0.3, -0.25) is 0 Å². The fourth-order valence-electron chi connectivity index (χ4n) is 7.57. The summed E-state index contributed by atoms with van der Waals surface area (Å²) in [4.78, 5) is 0. The van der Waals surface area contributed by atoms with E-state index in [2.05, 4.69) is 164 Å². The minimum Gasteiger partial charge on any atom is -0.0622 e. The molecule has 2 aliphatic carbocycles. The Morgan fingerprint density at radius 1 is 0.341 bits per heavy atom. The first-order valence-electron chi connectivity index (χ1n) is 15.5. The fraction of sp³-hybridized carbons (Fsp3) is 0.0455. The van der Waals surface area contributed by atoms with Crippen molar-refractivity contribution in [3.63, 3.8) is 0 Å². The standard InChI is InChI=1S/C44H30/c1-3-12-29(13-4-1)33-24-34(30-14-5-2-6-15-30)26-35(25-33)44-40-19-10-9-18-39(40)43-28-32(22-23-41(43)44)37-20-11-21-38-36-17-8-7-16-31(36)27-42(37)38/h1-26,28,44H,27H2. The Bertz CT molecular complexity index is 2130. The van der Waals surface area contributed by atoms with Crippen LogP contribution in [0.3, 0.4) is 0 Å². The minimum absolute atomic E-state index is 0.173. The van der Waals surface area contributed by atoms with E-state index < -0.39 is 0 Å². The maximum absolute atomic E-state index is 2.45. The first-order valence-corrected chi connectivity index (χ1v) is 15.5.